The first-order valence-electron chi connectivity index (χ1n) is 7.85. The van der Waals surface area contributed by atoms with Crippen LogP contribution in [0.2, 0.25) is 0 Å². The quantitative estimate of drug-likeness (QED) is 0.812. The molecule has 1 aliphatic carbocycles. The monoisotopic (exact) mass is 311 g/mol. The van der Waals surface area contributed by atoms with Gasteiger partial charge in [-0.05, 0) is 30.5 Å². The summed E-state index contributed by atoms with van der Waals surface area (Å²) in [5.74, 6) is -0.323. The molecule has 4 heteroatoms. The van der Waals surface area contributed by atoms with Gasteiger partial charge in [-0.15, -0.1) is 0 Å². The molecule has 3 N–H and O–H groups in total. The second-order valence-corrected chi connectivity index (χ2v) is 6.12. The van der Waals surface area contributed by atoms with E-state index in [0.29, 0.717) is 12.0 Å². The second-order valence-electron chi connectivity index (χ2n) is 6.12. The van der Waals surface area contributed by atoms with Crippen molar-refractivity contribution in [2.75, 3.05) is 0 Å². The molecule has 0 saturated heterocycles. The minimum Gasteiger partial charge on any atom is -0.390 e. The lowest BCUT2D eigenvalue weighted by molar-refractivity contribution is 0.0294. The second kappa shape index (κ2) is 6.52. The maximum absolute atomic E-state index is 12.5. The van der Waals surface area contributed by atoms with Gasteiger partial charge in [0, 0.05) is 11.5 Å². The molecule has 120 valence electrons. The van der Waals surface area contributed by atoms with Gasteiger partial charge in [-0.3, -0.25) is 4.79 Å². The number of aryl methyl sites for hydroxylation is 1. The van der Waals surface area contributed by atoms with Crippen molar-refractivity contribution in [3.63, 3.8) is 0 Å². The summed E-state index contributed by atoms with van der Waals surface area (Å²) in [6.07, 6.45) is -1.36. The lowest BCUT2D eigenvalue weighted by Gasteiger charge is -2.24. The van der Waals surface area contributed by atoms with Crippen LogP contribution in [-0.4, -0.2) is 34.4 Å². The third kappa shape index (κ3) is 3.14. The molecule has 1 fully saturated rings. The Bertz CT molecular complexity index is 686. The van der Waals surface area contributed by atoms with Crippen molar-refractivity contribution in [3.05, 3.63) is 71.3 Å². The molecular formula is C19H21NO3. The Morgan fingerprint density at radius 3 is 2.39 bits per heavy atom. The number of aliphatic hydroxyl groups is 2. The fourth-order valence-electron chi connectivity index (χ4n) is 3.31. The summed E-state index contributed by atoms with van der Waals surface area (Å²) in [4.78, 5) is 12.5. The summed E-state index contributed by atoms with van der Waals surface area (Å²) in [6, 6.07) is 16.5. The van der Waals surface area contributed by atoms with Crippen LogP contribution in [0.25, 0.3) is 0 Å². The van der Waals surface area contributed by atoms with E-state index in [2.05, 4.69) is 5.32 Å². The fourth-order valence-corrected chi connectivity index (χ4v) is 3.31. The first-order valence-corrected chi connectivity index (χ1v) is 7.85. The highest BCUT2D eigenvalue weighted by Gasteiger charge is 2.43. The molecule has 4 nitrogen and oxygen atoms in total. The third-order valence-electron chi connectivity index (χ3n) is 4.61. The van der Waals surface area contributed by atoms with Gasteiger partial charge >= 0.3 is 0 Å². The minimum absolute atomic E-state index is 0.103. The molecular weight excluding hydrogens is 290 g/mol. The number of rotatable bonds is 3. The topological polar surface area (TPSA) is 69.6 Å². The summed E-state index contributed by atoms with van der Waals surface area (Å²) in [5, 5.41) is 23.2. The van der Waals surface area contributed by atoms with Gasteiger partial charge in [0.05, 0.1) is 12.1 Å². The lowest BCUT2D eigenvalue weighted by Crippen LogP contribution is -2.45. The predicted molar refractivity (Wildman–Crippen MR) is 88.2 cm³/mol. The standard InChI is InChI=1S/C19H21NO3/c1-12-7-5-6-10-14(12)19(23)20-17-15(11-16(21)18(17)22)13-8-3-2-4-9-13/h2-10,15-18,21-22H,11H2,1H3,(H,20,23)/t15-,16-,17-,18-/m1/s1. The molecule has 4 atom stereocenters. The lowest BCUT2D eigenvalue weighted by atomic mass is 9.93. The van der Waals surface area contributed by atoms with Crippen LogP contribution in [0.1, 0.15) is 33.8 Å². The van der Waals surface area contributed by atoms with Crippen molar-refractivity contribution in [2.24, 2.45) is 0 Å². The van der Waals surface area contributed by atoms with Crippen molar-refractivity contribution >= 4 is 5.91 Å². The van der Waals surface area contributed by atoms with Crippen LogP contribution in [0, 0.1) is 6.92 Å². The number of aliphatic hydroxyl groups excluding tert-OH is 2. The van der Waals surface area contributed by atoms with E-state index >= 15 is 0 Å². The number of carbonyl (C=O) groups excluding carboxylic acids is 1. The van der Waals surface area contributed by atoms with Gasteiger partial charge in [0.2, 0.25) is 0 Å². The average molecular weight is 311 g/mol. The highest BCUT2D eigenvalue weighted by molar-refractivity contribution is 5.95. The molecule has 1 amide bonds. The normalized spacial score (nSPS) is 26.9. The van der Waals surface area contributed by atoms with Gasteiger partial charge in [-0.2, -0.15) is 0 Å². The molecule has 0 bridgehead atoms. The van der Waals surface area contributed by atoms with Crippen molar-refractivity contribution in [3.8, 4) is 0 Å². The maximum atomic E-state index is 12.5. The highest BCUT2D eigenvalue weighted by atomic mass is 16.3. The number of nitrogens with one attached hydrogen (secondary N) is 1. The molecule has 2 aromatic rings. The number of hydrogen-bond acceptors (Lipinski definition) is 3. The Morgan fingerprint density at radius 2 is 1.70 bits per heavy atom. The summed E-state index contributed by atoms with van der Waals surface area (Å²) in [6.45, 7) is 1.88. The van der Waals surface area contributed by atoms with E-state index in [1.54, 1.807) is 6.07 Å². The van der Waals surface area contributed by atoms with Crippen molar-refractivity contribution in [1.82, 2.24) is 5.32 Å². The van der Waals surface area contributed by atoms with Gasteiger partial charge in [0.25, 0.3) is 5.91 Å². The number of carbonyl (C=O) groups is 1. The van der Waals surface area contributed by atoms with E-state index in [-0.39, 0.29) is 11.8 Å². The third-order valence-corrected chi connectivity index (χ3v) is 4.61. The summed E-state index contributed by atoms with van der Waals surface area (Å²) < 4.78 is 0. The SMILES string of the molecule is Cc1ccccc1C(=O)N[C@H]1[C@H](O)[C@H](O)C[C@@H]1c1ccccc1. The first kappa shape index (κ1) is 15.7. The Morgan fingerprint density at radius 1 is 1.04 bits per heavy atom. The van der Waals surface area contributed by atoms with Crippen LogP contribution in [0.4, 0.5) is 0 Å². The van der Waals surface area contributed by atoms with Gasteiger partial charge < -0.3 is 15.5 Å². The summed E-state index contributed by atoms with van der Waals surface area (Å²) in [7, 11) is 0. The van der Waals surface area contributed by atoms with Crippen molar-refractivity contribution < 1.29 is 15.0 Å². The molecule has 0 unspecified atom stereocenters. The zero-order chi connectivity index (χ0) is 16.4. The molecule has 0 aliphatic heterocycles. The summed E-state index contributed by atoms with van der Waals surface area (Å²) >= 11 is 0. The molecule has 1 aliphatic rings. The average Bonchev–Trinajstić information content (AvgIpc) is 2.84. The van der Waals surface area contributed by atoms with Crippen LogP contribution in [0.5, 0.6) is 0 Å². The predicted octanol–water partition coefficient (Wildman–Crippen LogP) is 2.00. The van der Waals surface area contributed by atoms with E-state index in [1.165, 1.54) is 0 Å². The molecule has 0 spiro atoms. The molecule has 0 aromatic heterocycles. The smallest absolute Gasteiger partial charge is 0.251 e. The van der Waals surface area contributed by atoms with E-state index in [9.17, 15) is 15.0 Å². The zero-order valence-electron chi connectivity index (χ0n) is 13.0. The van der Waals surface area contributed by atoms with Gasteiger partial charge in [0.1, 0.15) is 6.10 Å². The Labute approximate surface area is 135 Å². The maximum Gasteiger partial charge on any atom is 0.251 e. The number of benzene rings is 2. The van der Waals surface area contributed by atoms with E-state index in [0.717, 1.165) is 11.1 Å². The summed E-state index contributed by atoms with van der Waals surface area (Å²) in [5.41, 5.74) is 2.49. The van der Waals surface area contributed by atoms with Crippen LogP contribution in [0.3, 0.4) is 0 Å². The van der Waals surface area contributed by atoms with E-state index in [4.69, 9.17) is 0 Å². The van der Waals surface area contributed by atoms with Gasteiger partial charge in [0.15, 0.2) is 0 Å². The van der Waals surface area contributed by atoms with Crippen LogP contribution in [-0.2, 0) is 0 Å². The highest BCUT2D eigenvalue weighted by Crippen LogP contribution is 2.35. The van der Waals surface area contributed by atoms with E-state index < -0.39 is 18.2 Å². The molecule has 0 heterocycles. The molecule has 0 radical (unpaired) electrons. The fraction of sp³-hybridized carbons (Fsp3) is 0.316. The molecule has 1 saturated carbocycles. The van der Waals surface area contributed by atoms with E-state index in [1.807, 2.05) is 55.5 Å². The van der Waals surface area contributed by atoms with Gasteiger partial charge in [-0.1, -0.05) is 48.5 Å². The van der Waals surface area contributed by atoms with Crippen LogP contribution < -0.4 is 5.32 Å². The number of hydrogen-bond donors (Lipinski definition) is 3. The van der Waals surface area contributed by atoms with Crippen molar-refractivity contribution in [1.29, 1.82) is 0 Å². The number of amides is 1. The first-order chi connectivity index (χ1) is 11.1. The molecule has 23 heavy (non-hydrogen) atoms. The van der Waals surface area contributed by atoms with Crippen LogP contribution >= 0.6 is 0 Å². The molecule has 3 rings (SSSR count). The van der Waals surface area contributed by atoms with Crippen LogP contribution in [0.15, 0.2) is 54.6 Å². The molecule has 2 aromatic carbocycles. The zero-order valence-corrected chi connectivity index (χ0v) is 13.0. The Kier molecular flexibility index (Phi) is 4.46. The van der Waals surface area contributed by atoms with Crippen molar-refractivity contribution in [2.45, 2.75) is 37.5 Å². The minimum atomic E-state index is -0.965. The van der Waals surface area contributed by atoms with Gasteiger partial charge in [-0.25, -0.2) is 0 Å². The Hall–Kier alpha value is -2.17. The largest absolute Gasteiger partial charge is 0.390 e. The Balaban J connectivity index is 1.84.